The lowest BCUT2D eigenvalue weighted by molar-refractivity contribution is 0.146. The fourth-order valence-corrected chi connectivity index (χ4v) is 4.81. The van der Waals surface area contributed by atoms with Crippen molar-refractivity contribution < 1.29 is 4.79 Å². The van der Waals surface area contributed by atoms with E-state index in [-0.39, 0.29) is 6.03 Å². The second-order valence-corrected chi connectivity index (χ2v) is 12.1. The van der Waals surface area contributed by atoms with Gasteiger partial charge in [0.05, 0.1) is 0 Å². The van der Waals surface area contributed by atoms with Crippen molar-refractivity contribution in [3.63, 3.8) is 0 Å². The van der Waals surface area contributed by atoms with Crippen LogP contribution in [0.1, 0.15) is 113 Å². The number of hydrogen-bond donors (Lipinski definition) is 1. The highest BCUT2D eigenvalue weighted by atomic mass is 16.2. The molecule has 1 fully saturated rings. The summed E-state index contributed by atoms with van der Waals surface area (Å²) in [5.74, 6) is 3.24. The molecule has 1 saturated heterocycles. The predicted molar refractivity (Wildman–Crippen MR) is 149 cm³/mol. The zero-order chi connectivity index (χ0) is 25.3. The van der Waals surface area contributed by atoms with E-state index in [9.17, 15) is 4.79 Å². The Morgan fingerprint density at radius 3 is 1.85 bits per heavy atom. The number of rotatable bonds is 17. The first-order valence-corrected chi connectivity index (χ1v) is 14.6. The van der Waals surface area contributed by atoms with Crippen molar-refractivity contribution in [2.24, 2.45) is 23.7 Å². The van der Waals surface area contributed by atoms with Crippen molar-refractivity contribution in [2.75, 3.05) is 39.3 Å². The number of urea groups is 1. The summed E-state index contributed by atoms with van der Waals surface area (Å²) in [6, 6.07) is 0.113. The molecule has 4 nitrogen and oxygen atoms in total. The number of carbonyl (C=O) groups excluding carboxylic acids is 1. The molecule has 0 aromatic heterocycles. The highest BCUT2D eigenvalue weighted by molar-refractivity contribution is 5.74. The number of allylic oxidation sites excluding steroid dienone is 1. The lowest BCUT2D eigenvalue weighted by atomic mass is 9.91. The topological polar surface area (TPSA) is 35.6 Å². The Morgan fingerprint density at radius 1 is 0.765 bits per heavy atom. The average molecular weight is 478 g/mol. The van der Waals surface area contributed by atoms with Gasteiger partial charge in [0.2, 0.25) is 0 Å². The maximum Gasteiger partial charge on any atom is 0.317 e. The largest absolute Gasteiger partial charge is 0.338 e. The van der Waals surface area contributed by atoms with Crippen LogP contribution in [0.25, 0.3) is 0 Å². The van der Waals surface area contributed by atoms with Crippen molar-refractivity contribution in [1.29, 1.82) is 0 Å². The Morgan fingerprint density at radius 2 is 1.29 bits per heavy atom. The van der Waals surface area contributed by atoms with Gasteiger partial charge in [-0.2, -0.15) is 0 Å². The molecular weight excluding hydrogens is 418 g/mol. The molecule has 1 N–H and O–H groups in total. The van der Waals surface area contributed by atoms with E-state index in [2.05, 4.69) is 64.8 Å². The van der Waals surface area contributed by atoms with E-state index in [4.69, 9.17) is 0 Å². The Hall–Kier alpha value is -1.03. The molecule has 34 heavy (non-hydrogen) atoms. The highest BCUT2D eigenvalue weighted by Crippen LogP contribution is 2.22. The first-order chi connectivity index (χ1) is 16.2. The van der Waals surface area contributed by atoms with E-state index < -0.39 is 0 Å². The summed E-state index contributed by atoms with van der Waals surface area (Å²) in [6.45, 7) is 21.7. The van der Waals surface area contributed by atoms with Gasteiger partial charge >= 0.3 is 6.03 Å². The number of piperazine rings is 1. The maximum absolute atomic E-state index is 12.3. The summed E-state index contributed by atoms with van der Waals surface area (Å²) in [5, 5.41) is 3.07. The molecule has 0 aliphatic carbocycles. The Labute approximate surface area is 213 Å². The molecule has 0 aromatic carbocycles. The fraction of sp³-hybridized carbons (Fsp3) is 0.900. The number of carbonyl (C=O) groups is 1. The van der Waals surface area contributed by atoms with Gasteiger partial charge in [0.1, 0.15) is 0 Å². The second kappa shape index (κ2) is 18.3. The average Bonchev–Trinajstić information content (AvgIpc) is 2.77. The molecule has 2 unspecified atom stereocenters. The third kappa shape index (κ3) is 15.8. The van der Waals surface area contributed by atoms with Gasteiger partial charge < -0.3 is 10.2 Å². The molecule has 1 heterocycles. The van der Waals surface area contributed by atoms with Gasteiger partial charge in [-0.15, -0.1) is 0 Å². The molecule has 1 aliphatic rings. The third-order valence-corrected chi connectivity index (χ3v) is 7.50. The van der Waals surface area contributed by atoms with Crippen LogP contribution in [0.5, 0.6) is 0 Å². The lowest BCUT2D eigenvalue weighted by Crippen LogP contribution is -2.51. The molecule has 1 aliphatic heterocycles. The second-order valence-electron chi connectivity index (χ2n) is 12.1. The predicted octanol–water partition coefficient (Wildman–Crippen LogP) is 7.75. The summed E-state index contributed by atoms with van der Waals surface area (Å²) < 4.78 is 0. The lowest BCUT2D eigenvalue weighted by Gasteiger charge is -2.34. The van der Waals surface area contributed by atoms with Gasteiger partial charge in [0.25, 0.3) is 0 Å². The van der Waals surface area contributed by atoms with Gasteiger partial charge in [-0.25, -0.2) is 4.79 Å². The van der Waals surface area contributed by atoms with Crippen LogP contribution in [0.3, 0.4) is 0 Å². The number of amides is 2. The zero-order valence-electron chi connectivity index (χ0n) is 24.0. The molecule has 0 saturated carbocycles. The molecular formula is C30H59N3O. The van der Waals surface area contributed by atoms with E-state index in [1.54, 1.807) is 0 Å². The quantitative estimate of drug-likeness (QED) is 0.217. The summed E-state index contributed by atoms with van der Waals surface area (Å²) in [4.78, 5) is 16.7. The van der Waals surface area contributed by atoms with Gasteiger partial charge in [-0.3, -0.25) is 4.90 Å². The number of nitrogens with zero attached hydrogens (tertiary/aromatic N) is 2. The Kier molecular flexibility index (Phi) is 16.7. The first-order valence-electron chi connectivity index (χ1n) is 14.6. The molecule has 0 bridgehead atoms. The normalized spacial score (nSPS) is 17.4. The van der Waals surface area contributed by atoms with Crippen LogP contribution >= 0.6 is 0 Å². The SMILES string of the molecule is CC(=CCN1CCN(C(=O)NCCC(C)C)CC1)CCCC(C)CCCC(C)CCCC(C)C. The van der Waals surface area contributed by atoms with Gasteiger partial charge in [0.15, 0.2) is 0 Å². The van der Waals surface area contributed by atoms with Crippen molar-refractivity contribution in [3.05, 3.63) is 11.6 Å². The highest BCUT2D eigenvalue weighted by Gasteiger charge is 2.20. The molecule has 4 heteroatoms. The van der Waals surface area contributed by atoms with E-state index in [1.807, 2.05) is 4.90 Å². The number of nitrogens with one attached hydrogen (secondary N) is 1. The monoisotopic (exact) mass is 477 g/mol. The smallest absolute Gasteiger partial charge is 0.317 e. The van der Waals surface area contributed by atoms with Crippen LogP contribution in [-0.4, -0.2) is 55.1 Å². The van der Waals surface area contributed by atoms with Crippen LogP contribution < -0.4 is 5.32 Å². The molecule has 200 valence electrons. The Balaban J connectivity index is 2.09. The summed E-state index contributed by atoms with van der Waals surface area (Å²) in [6.07, 6.45) is 15.8. The van der Waals surface area contributed by atoms with E-state index in [0.717, 1.165) is 63.4 Å². The summed E-state index contributed by atoms with van der Waals surface area (Å²) in [5.41, 5.74) is 1.53. The molecule has 1 rings (SSSR count). The van der Waals surface area contributed by atoms with E-state index >= 15 is 0 Å². The minimum atomic E-state index is 0.113. The van der Waals surface area contributed by atoms with E-state index in [0.29, 0.717) is 5.92 Å². The maximum atomic E-state index is 12.3. The van der Waals surface area contributed by atoms with Gasteiger partial charge in [0, 0.05) is 39.3 Å². The van der Waals surface area contributed by atoms with Crippen molar-refractivity contribution in [3.8, 4) is 0 Å². The summed E-state index contributed by atoms with van der Waals surface area (Å²) in [7, 11) is 0. The molecule has 0 radical (unpaired) electrons. The molecule has 0 spiro atoms. The van der Waals surface area contributed by atoms with Crippen molar-refractivity contribution in [1.82, 2.24) is 15.1 Å². The molecule has 2 amide bonds. The van der Waals surface area contributed by atoms with Crippen LogP contribution in [0, 0.1) is 23.7 Å². The standard InChI is InChI=1S/C30H59N3O/c1-25(2)11-8-12-27(5)13-9-14-28(6)15-10-16-29(7)18-20-32-21-23-33(24-22-32)30(34)31-19-17-26(3)4/h18,25-28H,8-17,19-24H2,1-7H3,(H,31,34). The molecule has 0 aromatic rings. The fourth-order valence-electron chi connectivity index (χ4n) is 4.81. The van der Waals surface area contributed by atoms with Crippen molar-refractivity contribution >= 4 is 6.03 Å². The van der Waals surface area contributed by atoms with Crippen LogP contribution in [0.15, 0.2) is 11.6 Å². The van der Waals surface area contributed by atoms with Crippen LogP contribution in [-0.2, 0) is 0 Å². The molecule has 2 atom stereocenters. The third-order valence-electron chi connectivity index (χ3n) is 7.50. The minimum absolute atomic E-state index is 0.113. The van der Waals surface area contributed by atoms with Gasteiger partial charge in [-0.05, 0) is 49.9 Å². The van der Waals surface area contributed by atoms with E-state index in [1.165, 1.54) is 63.4 Å². The van der Waals surface area contributed by atoms with Crippen LogP contribution in [0.2, 0.25) is 0 Å². The first kappa shape index (κ1) is 31.0. The Bertz CT molecular complexity index is 549. The van der Waals surface area contributed by atoms with Crippen molar-refractivity contribution in [2.45, 2.75) is 113 Å². The van der Waals surface area contributed by atoms with Crippen LogP contribution in [0.4, 0.5) is 4.79 Å². The van der Waals surface area contributed by atoms with Gasteiger partial charge in [-0.1, -0.05) is 98.1 Å². The summed E-state index contributed by atoms with van der Waals surface area (Å²) >= 11 is 0. The zero-order valence-corrected chi connectivity index (χ0v) is 24.0. The number of hydrogen-bond acceptors (Lipinski definition) is 2. The minimum Gasteiger partial charge on any atom is -0.338 e.